The fraction of sp³-hybridized carbons (Fsp3) is 0.111. The highest BCUT2D eigenvalue weighted by molar-refractivity contribution is 5.54. The zero-order chi connectivity index (χ0) is 8.97. The third kappa shape index (κ3) is 1.91. The van der Waals surface area contributed by atoms with E-state index in [1.54, 1.807) is 12.1 Å². The molecule has 0 unspecified atom stereocenters. The molecule has 3 heteroatoms. The van der Waals surface area contributed by atoms with Crippen LogP contribution in [0.2, 0.25) is 0 Å². The third-order valence-corrected chi connectivity index (χ3v) is 1.35. The van der Waals surface area contributed by atoms with Crippen LogP contribution in [-0.2, 0) is 0 Å². The number of phenolic OH excluding ortho intramolecular Hbond substituents is 1. The van der Waals surface area contributed by atoms with Gasteiger partial charge in [0, 0.05) is 5.69 Å². The highest BCUT2D eigenvalue weighted by Gasteiger charge is 1.96. The molecule has 0 aliphatic carbocycles. The van der Waals surface area contributed by atoms with Crippen LogP contribution in [-0.4, -0.2) is 11.7 Å². The van der Waals surface area contributed by atoms with Crippen molar-refractivity contribution >= 4 is 5.69 Å². The molecule has 0 saturated heterocycles. The first-order valence-corrected chi connectivity index (χ1v) is 3.51. The number of nitrogen functional groups attached to an aromatic ring is 1. The van der Waals surface area contributed by atoms with Crippen molar-refractivity contribution in [3.8, 4) is 17.6 Å². The number of anilines is 1. The molecule has 0 spiro atoms. The molecule has 62 valence electrons. The first-order chi connectivity index (χ1) is 5.74. The minimum absolute atomic E-state index is 0.130. The average molecular weight is 162 g/mol. The Balaban J connectivity index is 3.05. The van der Waals surface area contributed by atoms with Crippen LogP contribution < -0.4 is 11.5 Å². The number of phenols is 1. The average Bonchev–Trinajstić information content (AvgIpc) is 2.07. The Bertz CT molecular complexity index is 336. The zero-order valence-corrected chi connectivity index (χ0v) is 6.54. The van der Waals surface area contributed by atoms with Crippen LogP contribution in [0.15, 0.2) is 18.2 Å². The number of hydrogen-bond acceptors (Lipinski definition) is 3. The second kappa shape index (κ2) is 3.65. The summed E-state index contributed by atoms with van der Waals surface area (Å²) in [5.74, 6) is 5.47. The maximum atomic E-state index is 9.26. The number of aromatic hydroxyl groups is 1. The fourth-order valence-corrected chi connectivity index (χ4v) is 0.800. The molecule has 0 bridgehead atoms. The van der Waals surface area contributed by atoms with Crippen LogP contribution >= 0.6 is 0 Å². The van der Waals surface area contributed by atoms with Crippen molar-refractivity contribution in [1.29, 1.82) is 0 Å². The van der Waals surface area contributed by atoms with Gasteiger partial charge < -0.3 is 16.6 Å². The summed E-state index contributed by atoms with van der Waals surface area (Å²) in [6.45, 7) is 0.272. The van der Waals surface area contributed by atoms with Crippen LogP contribution in [0.1, 0.15) is 5.56 Å². The smallest absolute Gasteiger partial charge is 0.131 e. The molecule has 0 aliphatic heterocycles. The summed E-state index contributed by atoms with van der Waals surface area (Å²) < 4.78 is 0. The number of nitrogens with two attached hydrogens (primary N) is 2. The fourth-order valence-electron chi connectivity index (χ4n) is 0.800. The van der Waals surface area contributed by atoms with Crippen LogP contribution in [0.3, 0.4) is 0 Å². The maximum Gasteiger partial charge on any atom is 0.131 e. The Morgan fingerprint density at radius 1 is 1.42 bits per heavy atom. The number of hydrogen-bond donors (Lipinski definition) is 3. The molecule has 1 aromatic rings. The van der Waals surface area contributed by atoms with Crippen LogP contribution in [0.4, 0.5) is 5.69 Å². The minimum atomic E-state index is 0.130. The highest BCUT2D eigenvalue weighted by Crippen LogP contribution is 2.17. The lowest BCUT2D eigenvalue weighted by Crippen LogP contribution is -1.93. The standard InChI is InChI=1S/C9H10N2O/c10-5-1-2-7-6-8(11)3-4-9(7)12/h3-4,6,12H,5,10-11H2. The van der Waals surface area contributed by atoms with E-state index in [0.717, 1.165) is 0 Å². The van der Waals surface area contributed by atoms with E-state index >= 15 is 0 Å². The molecule has 0 radical (unpaired) electrons. The van der Waals surface area contributed by atoms with Crippen molar-refractivity contribution in [3.63, 3.8) is 0 Å². The molecule has 0 heterocycles. The van der Waals surface area contributed by atoms with Crippen molar-refractivity contribution in [2.45, 2.75) is 0 Å². The van der Waals surface area contributed by atoms with E-state index < -0.39 is 0 Å². The summed E-state index contributed by atoms with van der Waals surface area (Å²) in [6.07, 6.45) is 0. The normalized spacial score (nSPS) is 8.75. The van der Waals surface area contributed by atoms with E-state index in [0.29, 0.717) is 11.3 Å². The van der Waals surface area contributed by atoms with Crippen LogP contribution in [0.25, 0.3) is 0 Å². The molecule has 0 aromatic heterocycles. The molecule has 0 atom stereocenters. The lowest BCUT2D eigenvalue weighted by Gasteiger charge is -1.97. The van der Waals surface area contributed by atoms with Gasteiger partial charge in [0.15, 0.2) is 0 Å². The van der Waals surface area contributed by atoms with Crippen LogP contribution in [0.5, 0.6) is 5.75 Å². The number of benzene rings is 1. The van der Waals surface area contributed by atoms with E-state index in [1.807, 2.05) is 0 Å². The second-order valence-electron chi connectivity index (χ2n) is 2.28. The van der Waals surface area contributed by atoms with E-state index in [4.69, 9.17) is 11.5 Å². The van der Waals surface area contributed by atoms with Gasteiger partial charge in [0.25, 0.3) is 0 Å². The predicted molar refractivity (Wildman–Crippen MR) is 48.5 cm³/mol. The van der Waals surface area contributed by atoms with Crippen LogP contribution in [0, 0.1) is 11.8 Å². The monoisotopic (exact) mass is 162 g/mol. The molecule has 1 aromatic carbocycles. The number of rotatable bonds is 0. The van der Waals surface area contributed by atoms with Gasteiger partial charge in [-0.1, -0.05) is 11.8 Å². The van der Waals surface area contributed by atoms with E-state index in [1.165, 1.54) is 6.07 Å². The Hall–Kier alpha value is -1.66. The topological polar surface area (TPSA) is 72.3 Å². The largest absolute Gasteiger partial charge is 0.507 e. The molecule has 12 heavy (non-hydrogen) atoms. The van der Waals surface area contributed by atoms with E-state index in [2.05, 4.69) is 11.8 Å². The molecule has 5 N–H and O–H groups in total. The zero-order valence-electron chi connectivity index (χ0n) is 6.54. The molecule has 0 aliphatic rings. The van der Waals surface area contributed by atoms with Gasteiger partial charge in [-0.3, -0.25) is 0 Å². The minimum Gasteiger partial charge on any atom is -0.507 e. The Labute approximate surface area is 71.0 Å². The molecule has 0 amide bonds. The Morgan fingerprint density at radius 3 is 2.83 bits per heavy atom. The molecule has 3 nitrogen and oxygen atoms in total. The van der Waals surface area contributed by atoms with Gasteiger partial charge in [-0.2, -0.15) is 0 Å². The first-order valence-electron chi connectivity index (χ1n) is 3.51. The van der Waals surface area contributed by atoms with E-state index in [-0.39, 0.29) is 12.3 Å². The molecular formula is C9H10N2O. The Morgan fingerprint density at radius 2 is 2.17 bits per heavy atom. The molecule has 1 rings (SSSR count). The van der Waals surface area contributed by atoms with Gasteiger partial charge in [-0.25, -0.2) is 0 Å². The van der Waals surface area contributed by atoms with Crippen molar-refractivity contribution in [1.82, 2.24) is 0 Å². The third-order valence-electron chi connectivity index (χ3n) is 1.35. The van der Waals surface area contributed by atoms with Gasteiger partial charge in [0.2, 0.25) is 0 Å². The first kappa shape index (κ1) is 8.44. The van der Waals surface area contributed by atoms with Gasteiger partial charge in [0.05, 0.1) is 12.1 Å². The van der Waals surface area contributed by atoms with Crippen molar-refractivity contribution in [2.24, 2.45) is 5.73 Å². The van der Waals surface area contributed by atoms with Gasteiger partial charge in [0.1, 0.15) is 5.75 Å². The maximum absolute atomic E-state index is 9.26. The van der Waals surface area contributed by atoms with Crippen molar-refractivity contribution < 1.29 is 5.11 Å². The summed E-state index contributed by atoms with van der Waals surface area (Å²) in [5.41, 5.74) is 11.8. The van der Waals surface area contributed by atoms with Gasteiger partial charge >= 0.3 is 0 Å². The molecule has 0 fully saturated rings. The molecular weight excluding hydrogens is 152 g/mol. The summed E-state index contributed by atoms with van der Waals surface area (Å²) in [5, 5.41) is 9.26. The van der Waals surface area contributed by atoms with Gasteiger partial charge in [-0.05, 0) is 18.2 Å². The van der Waals surface area contributed by atoms with E-state index in [9.17, 15) is 5.11 Å². The summed E-state index contributed by atoms with van der Waals surface area (Å²) in [4.78, 5) is 0. The van der Waals surface area contributed by atoms with Gasteiger partial charge in [-0.15, -0.1) is 0 Å². The Kier molecular flexibility index (Phi) is 2.57. The SMILES string of the molecule is NCC#Cc1cc(N)ccc1O. The van der Waals surface area contributed by atoms with Crippen molar-refractivity contribution in [2.75, 3.05) is 12.3 Å². The van der Waals surface area contributed by atoms with Crippen molar-refractivity contribution in [3.05, 3.63) is 23.8 Å². The molecule has 0 saturated carbocycles. The predicted octanol–water partition coefficient (Wildman–Crippen LogP) is 0.285. The quantitative estimate of drug-likeness (QED) is 0.291. The summed E-state index contributed by atoms with van der Waals surface area (Å²) in [6, 6.07) is 4.73. The lowest BCUT2D eigenvalue weighted by atomic mass is 10.2. The summed E-state index contributed by atoms with van der Waals surface area (Å²) in [7, 11) is 0. The lowest BCUT2D eigenvalue weighted by molar-refractivity contribution is 0.474. The second-order valence-corrected chi connectivity index (χ2v) is 2.28. The highest BCUT2D eigenvalue weighted by atomic mass is 16.3. The summed E-state index contributed by atoms with van der Waals surface area (Å²) >= 11 is 0.